The van der Waals surface area contributed by atoms with E-state index in [-0.39, 0.29) is 18.1 Å². The van der Waals surface area contributed by atoms with Gasteiger partial charge in [0.25, 0.3) is 0 Å². The number of fused-ring (bicyclic) bond motifs is 1. The summed E-state index contributed by atoms with van der Waals surface area (Å²) in [5.41, 5.74) is 2.24. The Hall–Kier alpha value is -3.06. The fraction of sp³-hybridized carbons (Fsp3) is 0.105. The van der Waals surface area contributed by atoms with Crippen molar-refractivity contribution >= 4 is 33.3 Å². The number of nitrogens with zero attached hydrogens (tertiary/aromatic N) is 2. The summed E-state index contributed by atoms with van der Waals surface area (Å²) in [6, 6.07) is 13.8. The van der Waals surface area contributed by atoms with Gasteiger partial charge in [-0.2, -0.15) is 0 Å². The number of hydrogen-bond donors (Lipinski definition) is 1. The van der Waals surface area contributed by atoms with E-state index >= 15 is 0 Å². The second-order valence-electron chi connectivity index (χ2n) is 5.79. The summed E-state index contributed by atoms with van der Waals surface area (Å²) >= 11 is 1.40. The van der Waals surface area contributed by atoms with Crippen LogP contribution < -0.4 is 5.32 Å². The lowest BCUT2D eigenvalue weighted by molar-refractivity contribution is -0.115. The third kappa shape index (κ3) is 3.62. The van der Waals surface area contributed by atoms with Gasteiger partial charge in [0, 0.05) is 22.9 Å². The Morgan fingerprint density at radius 2 is 1.96 bits per heavy atom. The zero-order chi connectivity index (χ0) is 17.9. The molecule has 1 N–H and O–H groups in total. The quantitative estimate of drug-likeness (QED) is 0.574. The highest BCUT2D eigenvalue weighted by atomic mass is 32.1. The molecule has 4 rings (SSSR count). The average molecular weight is 367 g/mol. The van der Waals surface area contributed by atoms with E-state index in [1.54, 1.807) is 18.3 Å². The van der Waals surface area contributed by atoms with E-state index in [9.17, 15) is 9.18 Å². The number of rotatable bonds is 5. The third-order valence-electron chi connectivity index (χ3n) is 3.87. The molecule has 0 aliphatic carbocycles. The summed E-state index contributed by atoms with van der Waals surface area (Å²) in [7, 11) is 0. The van der Waals surface area contributed by atoms with Crippen molar-refractivity contribution in [3.05, 3.63) is 76.7 Å². The zero-order valence-electron chi connectivity index (χ0n) is 13.6. The molecule has 0 aliphatic heterocycles. The zero-order valence-corrected chi connectivity index (χ0v) is 14.4. The molecule has 0 unspecified atom stereocenters. The molecule has 2 heterocycles. The number of carbonyl (C=O) groups excluding carboxylic acids is 1. The Bertz CT molecular complexity index is 1060. The second-order valence-corrected chi connectivity index (χ2v) is 6.90. The van der Waals surface area contributed by atoms with Crippen molar-refractivity contribution in [3.8, 4) is 0 Å². The van der Waals surface area contributed by atoms with Crippen molar-refractivity contribution in [1.82, 2.24) is 10.1 Å². The Balaban J connectivity index is 1.40. The Morgan fingerprint density at radius 1 is 1.15 bits per heavy atom. The molecular formula is C19H14FN3O2S. The fourth-order valence-electron chi connectivity index (χ4n) is 2.63. The van der Waals surface area contributed by atoms with E-state index < -0.39 is 0 Å². The van der Waals surface area contributed by atoms with Crippen LogP contribution in [-0.2, 0) is 17.6 Å². The second kappa shape index (κ2) is 7.05. The molecule has 0 saturated heterocycles. The van der Waals surface area contributed by atoms with Crippen LogP contribution in [0.25, 0.3) is 11.0 Å². The lowest BCUT2D eigenvalue weighted by Gasteiger charge is -1.99. The first-order valence-electron chi connectivity index (χ1n) is 8.00. The number of para-hydroxylation sites is 1. The maximum absolute atomic E-state index is 13.0. The fourth-order valence-corrected chi connectivity index (χ4v) is 3.49. The first kappa shape index (κ1) is 16.4. The number of thiazole rings is 1. The number of hydrogen-bond acceptors (Lipinski definition) is 5. The molecular weight excluding hydrogens is 353 g/mol. The summed E-state index contributed by atoms with van der Waals surface area (Å²) in [5, 5.41) is 8.11. The van der Waals surface area contributed by atoms with Crippen LogP contribution in [0, 0.1) is 5.82 Å². The molecule has 4 aromatic rings. The van der Waals surface area contributed by atoms with Gasteiger partial charge >= 0.3 is 0 Å². The van der Waals surface area contributed by atoms with Crippen LogP contribution >= 0.6 is 11.3 Å². The minimum atomic E-state index is -0.258. The standard InChI is InChI=1S/C19H14FN3O2S/c20-13-7-5-12(6-8-13)9-14-11-21-19(26-14)22-18(24)10-16-15-3-1-2-4-17(15)25-23-16/h1-8,11H,9-10H2,(H,21,22,24). The van der Waals surface area contributed by atoms with Gasteiger partial charge in [0.05, 0.1) is 6.42 Å². The highest BCUT2D eigenvalue weighted by Gasteiger charge is 2.13. The molecule has 2 aromatic carbocycles. The predicted octanol–water partition coefficient (Wildman–Crippen LogP) is 4.20. The molecule has 0 atom stereocenters. The number of halogens is 1. The molecule has 0 radical (unpaired) electrons. The maximum atomic E-state index is 13.0. The van der Waals surface area contributed by atoms with E-state index in [0.717, 1.165) is 15.8 Å². The van der Waals surface area contributed by atoms with Gasteiger partial charge in [-0.25, -0.2) is 9.37 Å². The lowest BCUT2D eigenvalue weighted by atomic mass is 10.1. The monoisotopic (exact) mass is 367 g/mol. The molecule has 0 bridgehead atoms. The summed E-state index contributed by atoms with van der Waals surface area (Å²) in [6.07, 6.45) is 2.47. The topological polar surface area (TPSA) is 68.0 Å². The van der Waals surface area contributed by atoms with Crippen molar-refractivity contribution in [2.45, 2.75) is 12.8 Å². The summed E-state index contributed by atoms with van der Waals surface area (Å²) in [5.74, 6) is -0.460. The number of anilines is 1. The number of aromatic nitrogens is 2. The number of amides is 1. The third-order valence-corrected chi connectivity index (χ3v) is 4.78. The lowest BCUT2D eigenvalue weighted by Crippen LogP contribution is -2.14. The van der Waals surface area contributed by atoms with Crippen LogP contribution in [0.15, 0.2) is 59.3 Å². The highest BCUT2D eigenvalue weighted by Crippen LogP contribution is 2.22. The van der Waals surface area contributed by atoms with E-state index in [0.29, 0.717) is 22.8 Å². The first-order valence-corrected chi connectivity index (χ1v) is 8.81. The van der Waals surface area contributed by atoms with Crippen molar-refractivity contribution in [1.29, 1.82) is 0 Å². The van der Waals surface area contributed by atoms with E-state index in [1.165, 1.54) is 23.5 Å². The van der Waals surface area contributed by atoms with E-state index in [1.807, 2.05) is 24.3 Å². The van der Waals surface area contributed by atoms with Gasteiger partial charge in [0.15, 0.2) is 10.7 Å². The van der Waals surface area contributed by atoms with Crippen molar-refractivity contribution < 1.29 is 13.7 Å². The number of nitrogens with one attached hydrogen (secondary N) is 1. The molecule has 0 fully saturated rings. The average Bonchev–Trinajstić information content (AvgIpc) is 3.24. The predicted molar refractivity (Wildman–Crippen MR) is 97.7 cm³/mol. The SMILES string of the molecule is O=C(Cc1noc2ccccc12)Nc1ncc(Cc2ccc(F)cc2)s1. The van der Waals surface area contributed by atoms with Crippen LogP contribution in [0.4, 0.5) is 9.52 Å². The molecule has 2 aromatic heterocycles. The molecule has 7 heteroatoms. The van der Waals surface area contributed by atoms with Crippen LogP contribution in [-0.4, -0.2) is 16.0 Å². The number of benzene rings is 2. The first-order chi connectivity index (χ1) is 12.7. The maximum Gasteiger partial charge on any atom is 0.232 e. The van der Waals surface area contributed by atoms with Gasteiger partial charge in [-0.3, -0.25) is 4.79 Å². The van der Waals surface area contributed by atoms with Crippen LogP contribution in [0.1, 0.15) is 16.1 Å². The van der Waals surface area contributed by atoms with Gasteiger partial charge in [-0.1, -0.05) is 29.4 Å². The normalized spacial score (nSPS) is 11.0. The van der Waals surface area contributed by atoms with E-state index in [4.69, 9.17) is 4.52 Å². The molecule has 5 nitrogen and oxygen atoms in total. The van der Waals surface area contributed by atoms with Gasteiger partial charge < -0.3 is 9.84 Å². The molecule has 130 valence electrons. The smallest absolute Gasteiger partial charge is 0.232 e. The summed E-state index contributed by atoms with van der Waals surface area (Å²) in [4.78, 5) is 17.5. The van der Waals surface area contributed by atoms with Gasteiger partial charge in [-0.15, -0.1) is 11.3 Å². The Morgan fingerprint density at radius 3 is 2.81 bits per heavy atom. The van der Waals surface area contributed by atoms with Gasteiger partial charge in [0.1, 0.15) is 11.5 Å². The Labute approximate surface area is 152 Å². The number of carbonyl (C=O) groups is 1. The molecule has 0 spiro atoms. The molecule has 26 heavy (non-hydrogen) atoms. The van der Waals surface area contributed by atoms with Gasteiger partial charge in [-0.05, 0) is 29.8 Å². The molecule has 0 saturated carbocycles. The van der Waals surface area contributed by atoms with Crippen LogP contribution in [0.2, 0.25) is 0 Å². The minimum Gasteiger partial charge on any atom is -0.356 e. The van der Waals surface area contributed by atoms with Crippen molar-refractivity contribution in [2.24, 2.45) is 0 Å². The summed E-state index contributed by atoms with van der Waals surface area (Å²) < 4.78 is 18.2. The minimum absolute atomic E-state index is 0.115. The highest BCUT2D eigenvalue weighted by molar-refractivity contribution is 7.15. The van der Waals surface area contributed by atoms with Crippen molar-refractivity contribution in [3.63, 3.8) is 0 Å². The van der Waals surface area contributed by atoms with Crippen LogP contribution in [0.3, 0.4) is 0 Å². The van der Waals surface area contributed by atoms with Crippen LogP contribution in [0.5, 0.6) is 0 Å². The molecule has 0 aliphatic rings. The molecule has 1 amide bonds. The van der Waals surface area contributed by atoms with Crippen molar-refractivity contribution in [2.75, 3.05) is 5.32 Å². The largest absolute Gasteiger partial charge is 0.356 e. The van der Waals surface area contributed by atoms with Gasteiger partial charge in [0.2, 0.25) is 5.91 Å². The van der Waals surface area contributed by atoms with E-state index in [2.05, 4.69) is 15.5 Å². The Kier molecular flexibility index (Phi) is 4.45. The summed E-state index contributed by atoms with van der Waals surface area (Å²) in [6.45, 7) is 0.